The lowest BCUT2D eigenvalue weighted by Crippen LogP contribution is -2.45. The summed E-state index contributed by atoms with van der Waals surface area (Å²) in [6.07, 6.45) is 10.5. The first-order valence-electron chi connectivity index (χ1n) is 13.1. The van der Waals surface area contributed by atoms with Gasteiger partial charge < -0.3 is 14.0 Å². The minimum Gasteiger partial charge on any atom is -0.413 e. The summed E-state index contributed by atoms with van der Waals surface area (Å²) in [7, 11) is -3.95. The zero-order chi connectivity index (χ0) is 25.7. The number of Topliss-reactive ketones (excluding diaryl/α,β-unsaturated/α-hetero) is 1. The Bertz CT molecular complexity index is 643. The van der Waals surface area contributed by atoms with Crippen LogP contribution in [0.15, 0.2) is 12.2 Å². The second-order valence-electron chi connectivity index (χ2n) is 13.1. The highest BCUT2D eigenvalue weighted by atomic mass is 28.4. The van der Waals surface area contributed by atoms with Crippen LogP contribution in [0.1, 0.15) is 87.0 Å². The van der Waals surface area contributed by atoms with E-state index in [4.69, 9.17) is 8.85 Å². The van der Waals surface area contributed by atoms with E-state index >= 15 is 0 Å². The minimum atomic E-state index is -2.03. The maximum atomic E-state index is 12.7. The lowest BCUT2D eigenvalue weighted by molar-refractivity contribution is -0.122. The molecule has 0 radical (unpaired) electrons. The Hall–Kier alpha value is -0.276. The molecule has 0 aliphatic heterocycles. The van der Waals surface area contributed by atoms with Crippen molar-refractivity contribution >= 4 is 22.4 Å². The number of aliphatic hydroxyl groups is 1. The first-order valence-corrected chi connectivity index (χ1v) is 19.0. The second-order valence-corrected chi connectivity index (χ2v) is 22.6. The number of unbranched alkanes of at least 4 members (excludes halogenated alkanes) is 3. The van der Waals surface area contributed by atoms with Crippen LogP contribution in [0.5, 0.6) is 0 Å². The monoisotopic (exact) mass is 498 g/mol. The van der Waals surface area contributed by atoms with Gasteiger partial charge in [-0.25, -0.2) is 0 Å². The molecule has 0 unspecified atom stereocenters. The van der Waals surface area contributed by atoms with Crippen LogP contribution < -0.4 is 0 Å². The highest BCUT2D eigenvalue weighted by Gasteiger charge is 2.47. The average Bonchev–Trinajstić information content (AvgIpc) is 2.94. The Morgan fingerprint density at radius 2 is 1.58 bits per heavy atom. The summed E-state index contributed by atoms with van der Waals surface area (Å²) in [5, 5.41) is 10.2. The topological polar surface area (TPSA) is 55.8 Å². The molecule has 6 heteroatoms. The summed E-state index contributed by atoms with van der Waals surface area (Å²) >= 11 is 0. The molecule has 0 amide bonds. The van der Waals surface area contributed by atoms with Crippen LogP contribution >= 0.6 is 0 Å². The zero-order valence-corrected chi connectivity index (χ0v) is 25.6. The van der Waals surface area contributed by atoms with Gasteiger partial charge in [-0.2, -0.15) is 0 Å². The molecule has 0 aromatic carbocycles. The molecule has 1 fully saturated rings. The van der Waals surface area contributed by atoms with Crippen LogP contribution in [0.4, 0.5) is 0 Å². The smallest absolute Gasteiger partial charge is 0.192 e. The normalized spacial score (nSPS) is 24.1. The summed E-state index contributed by atoms with van der Waals surface area (Å²) in [4.78, 5) is 12.7. The fourth-order valence-corrected chi connectivity index (χ4v) is 6.55. The standard InChI is InChI=1S/C27H54O4Si2/c1-12-13-14-15-16-21(30-32(8,9)26(2,3)4)17-18-22-23(20-28)24(29)19-25(22)31-33(10,11)27(5,6)7/h17-18,21-23,25,28H,12-16,19-20H2,1-11H3/t21-,22+,23+,25+/m0/s1. The van der Waals surface area contributed by atoms with Crippen LogP contribution in [0.2, 0.25) is 36.3 Å². The van der Waals surface area contributed by atoms with Crippen molar-refractivity contribution in [3.63, 3.8) is 0 Å². The molecular formula is C27H54O4Si2. The van der Waals surface area contributed by atoms with E-state index in [0.717, 1.165) is 12.8 Å². The van der Waals surface area contributed by atoms with E-state index < -0.39 is 16.6 Å². The maximum absolute atomic E-state index is 12.7. The highest BCUT2D eigenvalue weighted by molar-refractivity contribution is 6.74. The molecule has 0 saturated heterocycles. The van der Waals surface area contributed by atoms with Crippen molar-refractivity contribution in [2.45, 2.75) is 135 Å². The van der Waals surface area contributed by atoms with Crippen LogP contribution in [-0.4, -0.2) is 46.3 Å². The van der Waals surface area contributed by atoms with Gasteiger partial charge in [-0.05, 0) is 42.7 Å². The summed E-state index contributed by atoms with van der Waals surface area (Å²) < 4.78 is 13.5. The van der Waals surface area contributed by atoms with Gasteiger partial charge in [0.2, 0.25) is 0 Å². The Balaban J connectivity index is 3.13. The zero-order valence-electron chi connectivity index (χ0n) is 23.6. The predicted octanol–water partition coefficient (Wildman–Crippen LogP) is 7.49. The highest BCUT2D eigenvalue weighted by Crippen LogP contribution is 2.42. The minimum absolute atomic E-state index is 0.0475. The molecular weight excluding hydrogens is 444 g/mol. The van der Waals surface area contributed by atoms with Gasteiger partial charge in [0.1, 0.15) is 5.78 Å². The third-order valence-corrected chi connectivity index (χ3v) is 17.3. The van der Waals surface area contributed by atoms with Gasteiger partial charge in [-0.1, -0.05) is 86.3 Å². The van der Waals surface area contributed by atoms with Crippen molar-refractivity contribution in [3.05, 3.63) is 12.2 Å². The molecule has 33 heavy (non-hydrogen) atoms. The molecule has 0 aromatic rings. The third kappa shape index (κ3) is 8.71. The maximum Gasteiger partial charge on any atom is 0.192 e. The van der Waals surface area contributed by atoms with Gasteiger partial charge in [0.05, 0.1) is 18.8 Å². The first kappa shape index (κ1) is 30.8. The number of hydrogen-bond acceptors (Lipinski definition) is 4. The number of rotatable bonds is 12. The van der Waals surface area contributed by atoms with Crippen LogP contribution in [0.3, 0.4) is 0 Å². The summed E-state index contributed by atoms with van der Waals surface area (Å²) in [6.45, 7) is 24.7. The molecule has 194 valence electrons. The van der Waals surface area contributed by atoms with Crippen LogP contribution in [0.25, 0.3) is 0 Å². The van der Waals surface area contributed by atoms with Crippen molar-refractivity contribution in [1.82, 2.24) is 0 Å². The molecule has 0 aromatic heterocycles. The number of carbonyl (C=O) groups excluding carboxylic acids is 1. The number of hydrogen-bond donors (Lipinski definition) is 1. The predicted molar refractivity (Wildman–Crippen MR) is 146 cm³/mol. The fraction of sp³-hybridized carbons (Fsp3) is 0.889. The van der Waals surface area contributed by atoms with Crippen molar-refractivity contribution in [1.29, 1.82) is 0 Å². The van der Waals surface area contributed by atoms with Crippen molar-refractivity contribution in [3.8, 4) is 0 Å². The summed E-state index contributed by atoms with van der Waals surface area (Å²) in [5.74, 6) is -0.330. The Morgan fingerprint density at radius 3 is 2.06 bits per heavy atom. The van der Waals surface area contributed by atoms with Crippen molar-refractivity contribution < 1.29 is 18.8 Å². The van der Waals surface area contributed by atoms with E-state index in [0.29, 0.717) is 6.42 Å². The quantitative estimate of drug-likeness (QED) is 0.172. The molecule has 0 heterocycles. The van der Waals surface area contributed by atoms with E-state index in [-0.39, 0.29) is 46.5 Å². The third-order valence-electron chi connectivity index (χ3n) is 8.30. The number of carbonyl (C=O) groups is 1. The van der Waals surface area contributed by atoms with E-state index in [1.165, 1.54) is 19.3 Å². The molecule has 1 aliphatic carbocycles. The van der Waals surface area contributed by atoms with Gasteiger partial charge in [-0.3, -0.25) is 4.79 Å². The lowest BCUT2D eigenvalue weighted by Gasteiger charge is -2.40. The summed E-state index contributed by atoms with van der Waals surface area (Å²) in [5.41, 5.74) is 0. The molecule has 1 saturated carbocycles. The van der Waals surface area contributed by atoms with Crippen LogP contribution in [0, 0.1) is 11.8 Å². The van der Waals surface area contributed by atoms with Gasteiger partial charge in [0, 0.05) is 18.3 Å². The Kier molecular flexibility index (Phi) is 11.3. The van der Waals surface area contributed by atoms with Gasteiger partial charge in [-0.15, -0.1) is 0 Å². The molecule has 4 nitrogen and oxygen atoms in total. The van der Waals surface area contributed by atoms with Crippen molar-refractivity contribution in [2.75, 3.05) is 6.61 Å². The van der Waals surface area contributed by atoms with Gasteiger partial charge in [0.25, 0.3) is 0 Å². The average molecular weight is 499 g/mol. The molecule has 1 N–H and O–H groups in total. The SMILES string of the molecule is CCCCCC[C@@H](C=C[C@H]1[C@H](O[Si](C)(C)C(C)(C)C)CC(=O)[C@@H]1CO)O[Si](C)(C)C(C)(C)C. The summed E-state index contributed by atoms with van der Waals surface area (Å²) in [6, 6.07) is 0. The largest absolute Gasteiger partial charge is 0.413 e. The molecule has 4 atom stereocenters. The molecule has 1 aliphatic rings. The van der Waals surface area contributed by atoms with E-state index in [1.807, 2.05) is 0 Å². The molecule has 0 spiro atoms. The Morgan fingerprint density at radius 1 is 1.00 bits per heavy atom. The van der Waals surface area contributed by atoms with Crippen LogP contribution in [-0.2, 0) is 13.6 Å². The Labute approximate surface area is 207 Å². The lowest BCUT2D eigenvalue weighted by atomic mass is 9.94. The van der Waals surface area contributed by atoms with E-state index in [2.05, 4.69) is 86.8 Å². The van der Waals surface area contributed by atoms with Gasteiger partial charge >= 0.3 is 0 Å². The number of aliphatic hydroxyl groups excluding tert-OH is 1. The fourth-order valence-electron chi connectivity index (χ4n) is 3.89. The van der Waals surface area contributed by atoms with Crippen molar-refractivity contribution in [2.24, 2.45) is 11.8 Å². The first-order chi connectivity index (χ1) is 15.0. The second kappa shape index (κ2) is 12.1. The van der Waals surface area contributed by atoms with E-state index in [1.54, 1.807) is 0 Å². The van der Waals surface area contributed by atoms with E-state index in [9.17, 15) is 9.90 Å². The molecule has 1 rings (SSSR count). The van der Waals surface area contributed by atoms with Gasteiger partial charge in [0.15, 0.2) is 16.6 Å². The molecule has 0 bridgehead atoms. The number of ketones is 1.